The van der Waals surface area contributed by atoms with Crippen molar-refractivity contribution in [1.29, 1.82) is 0 Å². The van der Waals surface area contributed by atoms with Crippen molar-refractivity contribution in [2.75, 3.05) is 18.0 Å². The molecule has 8 heteroatoms. The number of piperidine rings is 1. The van der Waals surface area contributed by atoms with Gasteiger partial charge in [-0.25, -0.2) is 0 Å². The summed E-state index contributed by atoms with van der Waals surface area (Å²) < 4.78 is 1.73. The Morgan fingerprint density at radius 1 is 1.26 bits per heavy atom. The maximum absolute atomic E-state index is 12.7. The van der Waals surface area contributed by atoms with E-state index in [1.807, 2.05) is 43.3 Å². The summed E-state index contributed by atoms with van der Waals surface area (Å²) in [5.74, 6) is 1.58. The second kappa shape index (κ2) is 7.52. The molecule has 1 atom stereocenters. The molecule has 0 radical (unpaired) electrons. The predicted octanol–water partition coefficient (Wildman–Crippen LogP) is 2.62. The number of hydrogen-bond acceptors (Lipinski definition) is 5. The van der Waals surface area contributed by atoms with Gasteiger partial charge in [-0.2, -0.15) is 4.52 Å². The van der Waals surface area contributed by atoms with Crippen molar-refractivity contribution in [2.45, 2.75) is 26.3 Å². The van der Waals surface area contributed by atoms with Gasteiger partial charge in [0.15, 0.2) is 11.5 Å². The second-order valence-electron chi connectivity index (χ2n) is 6.80. The van der Waals surface area contributed by atoms with Gasteiger partial charge in [-0.05, 0) is 43.5 Å². The maximum atomic E-state index is 12.7. The zero-order valence-electron chi connectivity index (χ0n) is 15.1. The van der Waals surface area contributed by atoms with Gasteiger partial charge in [0.2, 0.25) is 5.91 Å². The number of halogens is 1. The molecule has 2 aromatic heterocycles. The molecule has 1 aliphatic heterocycles. The monoisotopic (exact) mass is 384 g/mol. The smallest absolute Gasteiger partial charge is 0.225 e. The van der Waals surface area contributed by atoms with Crippen LogP contribution in [0.2, 0.25) is 5.02 Å². The summed E-state index contributed by atoms with van der Waals surface area (Å²) in [5, 5.41) is 16.4. The van der Waals surface area contributed by atoms with E-state index < -0.39 is 0 Å². The Morgan fingerprint density at radius 2 is 2.11 bits per heavy atom. The van der Waals surface area contributed by atoms with Crippen LogP contribution in [0, 0.1) is 12.8 Å². The molecule has 0 unspecified atom stereocenters. The van der Waals surface area contributed by atoms with Crippen molar-refractivity contribution in [3.8, 4) is 0 Å². The van der Waals surface area contributed by atoms with Crippen LogP contribution in [-0.4, -0.2) is 38.8 Å². The van der Waals surface area contributed by atoms with Gasteiger partial charge in [-0.15, -0.1) is 15.3 Å². The van der Waals surface area contributed by atoms with Gasteiger partial charge in [-0.1, -0.05) is 29.8 Å². The van der Waals surface area contributed by atoms with Crippen LogP contribution >= 0.6 is 11.6 Å². The van der Waals surface area contributed by atoms with Crippen LogP contribution in [-0.2, 0) is 11.3 Å². The molecule has 1 aromatic carbocycles. The summed E-state index contributed by atoms with van der Waals surface area (Å²) in [5.41, 5.74) is 1.65. The first-order valence-electron chi connectivity index (χ1n) is 9.07. The van der Waals surface area contributed by atoms with Gasteiger partial charge >= 0.3 is 0 Å². The fourth-order valence-corrected chi connectivity index (χ4v) is 3.63. The van der Waals surface area contributed by atoms with E-state index in [1.165, 1.54) is 0 Å². The Morgan fingerprint density at radius 3 is 2.96 bits per heavy atom. The third kappa shape index (κ3) is 3.73. The number of rotatable bonds is 4. The lowest BCUT2D eigenvalue weighted by Crippen LogP contribution is -2.43. The lowest BCUT2D eigenvalue weighted by atomic mass is 9.97. The third-order valence-electron chi connectivity index (χ3n) is 4.93. The highest BCUT2D eigenvalue weighted by atomic mass is 35.5. The first kappa shape index (κ1) is 17.7. The normalized spacial score (nSPS) is 17.3. The molecular formula is C19H21ClN6O. The highest BCUT2D eigenvalue weighted by Crippen LogP contribution is 2.22. The molecule has 0 bridgehead atoms. The van der Waals surface area contributed by atoms with Crippen LogP contribution in [0.25, 0.3) is 5.65 Å². The summed E-state index contributed by atoms with van der Waals surface area (Å²) in [6, 6.07) is 11.4. The molecule has 7 nitrogen and oxygen atoms in total. The van der Waals surface area contributed by atoms with E-state index in [0.717, 1.165) is 42.2 Å². The number of nitrogens with zero attached hydrogens (tertiary/aromatic N) is 5. The van der Waals surface area contributed by atoms with Gasteiger partial charge in [0.25, 0.3) is 0 Å². The maximum Gasteiger partial charge on any atom is 0.225 e. The van der Waals surface area contributed by atoms with Gasteiger partial charge in [-0.3, -0.25) is 4.79 Å². The molecule has 140 valence electrons. The molecule has 1 fully saturated rings. The molecule has 27 heavy (non-hydrogen) atoms. The number of anilines is 1. The van der Waals surface area contributed by atoms with Crippen molar-refractivity contribution in [1.82, 2.24) is 25.1 Å². The minimum Gasteiger partial charge on any atom is -0.354 e. The quantitative estimate of drug-likeness (QED) is 0.748. The number of aryl methyl sites for hydroxylation is 1. The average molecular weight is 385 g/mol. The molecule has 1 amide bonds. The van der Waals surface area contributed by atoms with E-state index in [-0.39, 0.29) is 11.8 Å². The Kier molecular flexibility index (Phi) is 4.94. The number of carbonyl (C=O) groups is 1. The van der Waals surface area contributed by atoms with E-state index in [1.54, 1.807) is 4.52 Å². The molecule has 1 saturated heterocycles. The number of aromatic nitrogens is 4. The van der Waals surface area contributed by atoms with Crippen LogP contribution in [0.5, 0.6) is 0 Å². The molecule has 0 saturated carbocycles. The fraction of sp³-hybridized carbons (Fsp3) is 0.368. The van der Waals surface area contributed by atoms with Crippen LogP contribution in [0.3, 0.4) is 0 Å². The first-order valence-corrected chi connectivity index (χ1v) is 9.45. The van der Waals surface area contributed by atoms with E-state index >= 15 is 0 Å². The minimum absolute atomic E-state index is 0.0566. The molecule has 1 N–H and O–H groups in total. The number of benzene rings is 1. The molecule has 0 aliphatic carbocycles. The summed E-state index contributed by atoms with van der Waals surface area (Å²) in [4.78, 5) is 14.8. The van der Waals surface area contributed by atoms with Crippen molar-refractivity contribution in [2.24, 2.45) is 5.92 Å². The number of fused-ring (bicyclic) bond motifs is 1. The minimum atomic E-state index is -0.0688. The Hall–Kier alpha value is -2.67. The largest absolute Gasteiger partial charge is 0.354 e. The van der Waals surface area contributed by atoms with Crippen LogP contribution < -0.4 is 10.2 Å². The summed E-state index contributed by atoms with van der Waals surface area (Å²) in [6.45, 7) is 3.85. The fourth-order valence-electron chi connectivity index (χ4n) is 3.42. The Balaban J connectivity index is 1.43. The molecule has 1 aliphatic rings. The molecule has 0 spiro atoms. The summed E-state index contributed by atoms with van der Waals surface area (Å²) in [7, 11) is 0. The van der Waals surface area contributed by atoms with E-state index in [2.05, 4.69) is 25.5 Å². The number of carbonyl (C=O) groups excluding carboxylic acids is 1. The standard InChI is InChI=1S/C19H21ClN6O/c1-13-22-23-17-8-9-18(24-26(13)17)25-10-4-6-15(12-25)19(27)21-11-14-5-2-3-7-16(14)20/h2-3,5,7-9,15H,4,6,10-12H2,1H3,(H,21,27)/t15-/m0/s1. The van der Waals surface area contributed by atoms with Gasteiger partial charge in [0, 0.05) is 24.7 Å². The number of amides is 1. The average Bonchev–Trinajstić information content (AvgIpc) is 3.07. The molecular weight excluding hydrogens is 364 g/mol. The van der Waals surface area contributed by atoms with Crippen molar-refractivity contribution in [3.05, 3.63) is 52.8 Å². The van der Waals surface area contributed by atoms with E-state index in [4.69, 9.17) is 11.6 Å². The zero-order valence-corrected chi connectivity index (χ0v) is 15.9. The zero-order chi connectivity index (χ0) is 18.8. The van der Waals surface area contributed by atoms with Gasteiger partial charge < -0.3 is 10.2 Å². The molecule has 3 heterocycles. The van der Waals surface area contributed by atoms with Crippen LogP contribution in [0.1, 0.15) is 24.2 Å². The summed E-state index contributed by atoms with van der Waals surface area (Å²) in [6.07, 6.45) is 1.82. The first-order chi connectivity index (χ1) is 13.1. The van der Waals surface area contributed by atoms with E-state index in [9.17, 15) is 4.79 Å². The number of nitrogens with one attached hydrogen (secondary N) is 1. The lowest BCUT2D eigenvalue weighted by molar-refractivity contribution is -0.125. The Bertz CT molecular complexity index is 972. The van der Waals surface area contributed by atoms with E-state index in [0.29, 0.717) is 18.1 Å². The topological polar surface area (TPSA) is 75.4 Å². The molecule has 4 rings (SSSR count). The summed E-state index contributed by atoms with van der Waals surface area (Å²) >= 11 is 6.17. The SMILES string of the molecule is Cc1nnc2ccc(N3CCC[C@H](C(=O)NCc4ccccc4Cl)C3)nn12. The lowest BCUT2D eigenvalue weighted by Gasteiger charge is -2.32. The van der Waals surface area contributed by atoms with Crippen LogP contribution in [0.15, 0.2) is 36.4 Å². The van der Waals surface area contributed by atoms with Crippen LogP contribution in [0.4, 0.5) is 5.82 Å². The highest BCUT2D eigenvalue weighted by molar-refractivity contribution is 6.31. The van der Waals surface area contributed by atoms with Gasteiger partial charge in [0.05, 0.1) is 5.92 Å². The molecule has 3 aromatic rings. The third-order valence-corrected chi connectivity index (χ3v) is 5.30. The van der Waals surface area contributed by atoms with Crippen molar-refractivity contribution < 1.29 is 4.79 Å². The Labute approximate surface area is 162 Å². The second-order valence-corrected chi connectivity index (χ2v) is 7.21. The van der Waals surface area contributed by atoms with Gasteiger partial charge in [0.1, 0.15) is 5.82 Å². The van der Waals surface area contributed by atoms with Crippen molar-refractivity contribution >= 4 is 29.0 Å². The highest BCUT2D eigenvalue weighted by Gasteiger charge is 2.26. The predicted molar refractivity (Wildman–Crippen MR) is 104 cm³/mol. The van der Waals surface area contributed by atoms with Crippen molar-refractivity contribution in [3.63, 3.8) is 0 Å². The number of hydrogen-bond donors (Lipinski definition) is 1.